The van der Waals surface area contributed by atoms with Crippen molar-refractivity contribution in [1.82, 2.24) is 9.47 Å². The molecule has 2 atom stereocenters. The van der Waals surface area contributed by atoms with Crippen molar-refractivity contribution in [2.24, 2.45) is 11.8 Å². The van der Waals surface area contributed by atoms with E-state index in [0.29, 0.717) is 18.9 Å². The molecule has 0 aromatic carbocycles. The Morgan fingerprint density at radius 1 is 0.920 bits per heavy atom. The zero-order chi connectivity index (χ0) is 17.4. The lowest BCUT2D eigenvalue weighted by molar-refractivity contribution is -0.134. The predicted molar refractivity (Wildman–Crippen MR) is 95.7 cm³/mol. The molecule has 0 radical (unpaired) electrons. The second kappa shape index (κ2) is 6.93. The highest BCUT2D eigenvalue weighted by Gasteiger charge is 2.33. The Labute approximate surface area is 149 Å². The van der Waals surface area contributed by atoms with Crippen LogP contribution in [0.2, 0.25) is 0 Å². The first kappa shape index (κ1) is 16.8. The van der Waals surface area contributed by atoms with Gasteiger partial charge in [-0.3, -0.25) is 9.36 Å². The van der Waals surface area contributed by atoms with Crippen LogP contribution in [0.15, 0.2) is 0 Å². The second-order valence-electron chi connectivity index (χ2n) is 8.15. The smallest absolute Gasteiger partial charge is 0.224 e. The number of hydrogen-bond donors (Lipinski definition) is 2. The van der Waals surface area contributed by atoms with Gasteiger partial charge in [0.2, 0.25) is 5.91 Å². The average Bonchev–Trinajstić information content (AvgIpc) is 2.90. The maximum Gasteiger partial charge on any atom is 0.224 e. The maximum absolute atomic E-state index is 12.7. The molecule has 25 heavy (non-hydrogen) atoms. The average molecular weight is 346 g/mol. The summed E-state index contributed by atoms with van der Waals surface area (Å²) in [6.45, 7) is 2.15. The molecule has 2 N–H and O–H groups in total. The van der Waals surface area contributed by atoms with Gasteiger partial charge in [0.25, 0.3) is 0 Å². The summed E-state index contributed by atoms with van der Waals surface area (Å²) in [6.07, 6.45) is 10.5. The highest BCUT2D eigenvalue weighted by atomic mass is 16.3. The number of hydrogen-bond acceptors (Lipinski definition) is 3. The number of amides is 1. The highest BCUT2D eigenvalue weighted by molar-refractivity contribution is 5.76. The van der Waals surface area contributed by atoms with Crippen molar-refractivity contribution >= 4 is 5.91 Å². The zero-order valence-corrected chi connectivity index (χ0v) is 15.0. The van der Waals surface area contributed by atoms with Gasteiger partial charge in [-0.2, -0.15) is 0 Å². The van der Waals surface area contributed by atoms with Gasteiger partial charge in [-0.1, -0.05) is 19.3 Å². The minimum atomic E-state index is 0.162. The van der Waals surface area contributed by atoms with Crippen LogP contribution in [-0.2, 0) is 24.2 Å². The number of carbonyl (C=O) groups excluding carboxylic acids is 1. The minimum Gasteiger partial charge on any atom is -0.494 e. The third kappa shape index (κ3) is 3.13. The number of aromatic hydroxyl groups is 2. The van der Waals surface area contributed by atoms with E-state index in [1.54, 1.807) is 4.57 Å². The van der Waals surface area contributed by atoms with Crippen LogP contribution in [-0.4, -0.2) is 38.7 Å². The lowest BCUT2D eigenvalue weighted by Crippen LogP contribution is -2.44. The number of piperidine rings is 1. The molecule has 1 aromatic heterocycles. The quantitative estimate of drug-likeness (QED) is 0.883. The van der Waals surface area contributed by atoms with E-state index >= 15 is 0 Å². The van der Waals surface area contributed by atoms with Gasteiger partial charge in [0.1, 0.15) is 0 Å². The molecule has 1 amide bonds. The molecule has 1 saturated heterocycles. The molecule has 1 aliphatic heterocycles. The number of nitrogens with zero attached hydrogens (tertiary/aromatic N) is 2. The number of fused-ring (bicyclic) bond motifs is 2. The highest BCUT2D eigenvalue weighted by Crippen LogP contribution is 2.39. The Bertz CT molecular complexity index is 622. The van der Waals surface area contributed by atoms with E-state index in [-0.39, 0.29) is 17.7 Å². The van der Waals surface area contributed by atoms with Crippen molar-refractivity contribution in [3.8, 4) is 11.8 Å². The maximum atomic E-state index is 12.7. The summed E-state index contributed by atoms with van der Waals surface area (Å²) < 4.78 is 1.54. The van der Waals surface area contributed by atoms with Crippen LogP contribution in [0, 0.1) is 11.8 Å². The van der Waals surface area contributed by atoms with Gasteiger partial charge in [-0.05, 0) is 50.4 Å². The van der Waals surface area contributed by atoms with Crippen LogP contribution in [0.5, 0.6) is 11.8 Å². The molecule has 0 bridgehead atoms. The molecule has 2 fully saturated rings. The summed E-state index contributed by atoms with van der Waals surface area (Å²) in [4.78, 5) is 14.7. The summed E-state index contributed by atoms with van der Waals surface area (Å²) in [5.74, 6) is 2.01. The number of rotatable bonds is 3. The molecule has 2 heterocycles. The third-order valence-corrected chi connectivity index (χ3v) is 6.71. The number of likely N-dealkylation sites (tertiary alicyclic amines) is 1. The van der Waals surface area contributed by atoms with Crippen LogP contribution in [0.4, 0.5) is 0 Å². The molecule has 138 valence electrons. The Balaban J connectivity index is 1.38. The molecule has 5 nitrogen and oxygen atoms in total. The SMILES string of the molecule is O=C(CCn1c(O)c2c(c1O)CCCC2)N1CCC2CCCCC2C1. The van der Waals surface area contributed by atoms with E-state index in [2.05, 4.69) is 0 Å². The van der Waals surface area contributed by atoms with Gasteiger partial charge in [-0.25, -0.2) is 0 Å². The molecule has 3 aliphatic rings. The molecule has 4 rings (SSSR count). The van der Waals surface area contributed by atoms with Gasteiger partial charge in [0.15, 0.2) is 11.8 Å². The monoisotopic (exact) mass is 346 g/mol. The van der Waals surface area contributed by atoms with E-state index in [9.17, 15) is 15.0 Å². The fourth-order valence-corrected chi connectivity index (χ4v) is 5.23. The third-order valence-electron chi connectivity index (χ3n) is 6.71. The molecule has 0 spiro atoms. The minimum absolute atomic E-state index is 0.162. The Kier molecular flexibility index (Phi) is 4.65. The second-order valence-corrected chi connectivity index (χ2v) is 8.15. The zero-order valence-electron chi connectivity index (χ0n) is 15.0. The van der Waals surface area contributed by atoms with E-state index in [1.807, 2.05) is 4.90 Å². The normalized spacial score (nSPS) is 26.2. The van der Waals surface area contributed by atoms with Crippen LogP contribution in [0.1, 0.15) is 62.5 Å². The van der Waals surface area contributed by atoms with Gasteiger partial charge in [-0.15, -0.1) is 0 Å². The van der Waals surface area contributed by atoms with Crippen molar-refractivity contribution in [3.05, 3.63) is 11.1 Å². The van der Waals surface area contributed by atoms with Gasteiger partial charge >= 0.3 is 0 Å². The summed E-state index contributed by atoms with van der Waals surface area (Å²) in [6, 6.07) is 0. The van der Waals surface area contributed by atoms with Crippen LogP contribution >= 0.6 is 0 Å². The summed E-state index contributed by atoms with van der Waals surface area (Å²) >= 11 is 0. The van der Waals surface area contributed by atoms with E-state index in [1.165, 1.54) is 25.7 Å². The largest absolute Gasteiger partial charge is 0.494 e. The van der Waals surface area contributed by atoms with E-state index in [0.717, 1.165) is 62.2 Å². The summed E-state index contributed by atoms with van der Waals surface area (Å²) in [5, 5.41) is 20.8. The van der Waals surface area contributed by atoms with Crippen molar-refractivity contribution < 1.29 is 15.0 Å². The van der Waals surface area contributed by atoms with Crippen molar-refractivity contribution in [3.63, 3.8) is 0 Å². The number of carbonyl (C=O) groups is 1. The van der Waals surface area contributed by atoms with Crippen molar-refractivity contribution in [2.75, 3.05) is 13.1 Å². The van der Waals surface area contributed by atoms with Crippen molar-refractivity contribution in [1.29, 1.82) is 0 Å². The van der Waals surface area contributed by atoms with Crippen LogP contribution < -0.4 is 0 Å². The summed E-state index contributed by atoms with van der Waals surface area (Å²) in [7, 11) is 0. The fraction of sp³-hybridized carbons (Fsp3) is 0.750. The predicted octanol–water partition coefficient (Wildman–Crippen LogP) is 3.21. The molecule has 1 saturated carbocycles. The van der Waals surface area contributed by atoms with Crippen LogP contribution in [0.25, 0.3) is 0 Å². The molecule has 2 unspecified atom stereocenters. The Morgan fingerprint density at radius 3 is 2.24 bits per heavy atom. The molecular formula is C20H30N2O3. The lowest BCUT2D eigenvalue weighted by atomic mass is 9.75. The molecule has 2 aliphatic carbocycles. The fourth-order valence-electron chi connectivity index (χ4n) is 5.23. The summed E-state index contributed by atoms with van der Waals surface area (Å²) in [5.41, 5.74) is 1.78. The topological polar surface area (TPSA) is 65.7 Å². The first-order valence-corrected chi connectivity index (χ1v) is 10.0. The molecular weight excluding hydrogens is 316 g/mol. The van der Waals surface area contributed by atoms with Gasteiger partial charge in [0.05, 0.1) is 0 Å². The van der Waals surface area contributed by atoms with Crippen molar-refractivity contribution in [2.45, 2.75) is 70.8 Å². The first-order valence-electron chi connectivity index (χ1n) is 10.0. The lowest BCUT2D eigenvalue weighted by Gasteiger charge is -2.41. The molecule has 5 heteroatoms. The van der Waals surface area contributed by atoms with Crippen LogP contribution in [0.3, 0.4) is 0 Å². The number of aromatic nitrogens is 1. The molecule has 1 aromatic rings. The van der Waals surface area contributed by atoms with Gasteiger partial charge < -0.3 is 15.1 Å². The van der Waals surface area contributed by atoms with Gasteiger partial charge in [0, 0.05) is 37.2 Å². The first-order chi connectivity index (χ1) is 12.1. The Hall–Kier alpha value is -1.65. The van der Waals surface area contributed by atoms with E-state index in [4.69, 9.17) is 0 Å². The standard InChI is InChI=1S/C20H30N2O3/c23-18(21-11-9-14-5-1-2-6-15(14)13-21)10-12-22-19(24)16-7-3-4-8-17(16)20(22)25/h14-15,24-25H,1-13H2. The Morgan fingerprint density at radius 2 is 1.56 bits per heavy atom. The van der Waals surface area contributed by atoms with E-state index < -0.39 is 0 Å².